The first-order valence-corrected chi connectivity index (χ1v) is 10.7. The summed E-state index contributed by atoms with van der Waals surface area (Å²) in [6.45, 7) is 9.05. The van der Waals surface area contributed by atoms with Crippen LogP contribution in [0, 0.1) is 5.92 Å². The van der Waals surface area contributed by atoms with Crippen LogP contribution < -0.4 is 10.6 Å². The summed E-state index contributed by atoms with van der Waals surface area (Å²) in [6.07, 6.45) is 1.70. The molecule has 150 valence electrons. The lowest BCUT2D eigenvalue weighted by Gasteiger charge is -2.23. The average molecular weight is 401 g/mol. The van der Waals surface area contributed by atoms with E-state index in [1.807, 2.05) is 32.0 Å². The number of carbonyl (C=O) groups is 2. The molecule has 0 spiro atoms. The second kappa shape index (κ2) is 9.30. The summed E-state index contributed by atoms with van der Waals surface area (Å²) in [5.74, 6) is -0.437. The lowest BCUT2D eigenvalue weighted by Crippen LogP contribution is -2.47. The van der Waals surface area contributed by atoms with Crippen LogP contribution in [0.25, 0.3) is 0 Å². The van der Waals surface area contributed by atoms with Crippen LogP contribution in [0.15, 0.2) is 30.3 Å². The van der Waals surface area contributed by atoms with Gasteiger partial charge in [-0.2, -0.15) is 0 Å². The van der Waals surface area contributed by atoms with Gasteiger partial charge in [0.1, 0.15) is 6.04 Å². The van der Waals surface area contributed by atoms with Gasteiger partial charge in [-0.3, -0.25) is 14.5 Å². The number of likely N-dealkylation sites (N-methyl/N-ethyl adjacent to an activating group) is 1. The second-order valence-corrected chi connectivity index (χ2v) is 8.28. The van der Waals surface area contributed by atoms with E-state index in [1.165, 1.54) is 16.2 Å². The molecule has 2 heterocycles. The van der Waals surface area contributed by atoms with Crippen molar-refractivity contribution in [2.24, 2.45) is 5.92 Å². The zero-order valence-electron chi connectivity index (χ0n) is 16.7. The fourth-order valence-corrected chi connectivity index (χ4v) is 4.32. The highest BCUT2D eigenvalue weighted by molar-refractivity contribution is 7.15. The van der Waals surface area contributed by atoms with Gasteiger partial charge < -0.3 is 10.6 Å². The first kappa shape index (κ1) is 20.5. The van der Waals surface area contributed by atoms with Gasteiger partial charge in [0.2, 0.25) is 5.91 Å². The van der Waals surface area contributed by atoms with Gasteiger partial charge in [-0.25, -0.2) is 4.98 Å². The third kappa shape index (κ3) is 4.77. The molecule has 2 amide bonds. The van der Waals surface area contributed by atoms with Crippen molar-refractivity contribution < 1.29 is 9.59 Å². The van der Waals surface area contributed by atoms with Crippen LogP contribution in [0.4, 0.5) is 5.13 Å². The number of rotatable bonds is 7. The van der Waals surface area contributed by atoms with E-state index in [0.29, 0.717) is 10.7 Å². The number of fused-ring (bicyclic) bond motifs is 1. The minimum Gasteiger partial charge on any atom is -0.340 e. The van der Waals surface area contributed by atoms with E-state index in [2.05, 4.69) is 27.4 Å². The molecular weight excluding hydrogens is 372 g/mol. The van der Waals surface area contributed by atoms with Gasteiger partial charge in [0.05, 0.1) is 5.69 Å². The van der Waals surface area contributed by atoms with E-state index in [4.69, 9.17) is 0 Å². The third-order valence-electron chi connectivity index (χ3n) is 5.31. The van der Waals surface area contributed by atoms with Crippen LogP contribution in [-0.4, -0.2) is 40.8 Å². The number of nitrogens with one attached hydrogen (secondary N) is 2. The average Bonchev–Trinajstić information content (AvgIpc) is 3.12. The monoisotopic (exact) mass is 400 g/mol. The fourth-order valence-electron chi connectivity index (χ4n) is 3.27. The van der Waals surface area contributed by atoms with Gasteiger partial charge in [-0.15, -0.1) is 11.3 Å². The zero-order valence-corrected chi connectivity index (χ0v) is 17.5. The predicted octanol–water partition coefficient (Wildman–Crippen LogP) is 3.30. The molecule has 0 bridgehead atoms. The van der Waals surface area contributed by atoms with Gasteiger partial charge >= 0.3 is 0 Å². The van der Waals surface area contributed by atoms with Gasteiger partial charge in [0.15, 0.2) is 5.13 Å². The number of anilines is 1. The van der Waals surface area contributed by atoms with E-state index in [-0.39, 0.29) is 17.7 Å². The van der Waals surface area contributed by atoms with Crippen molar-refractivity contribution in [3.8, 4) is 0 Å². The molecule has 6 nitrogen and oxygen atoms in total. The van der Waals surface area contributed by atoms with Gasteiger partial charge in [-0.1, -0.05) is 45.4 Å². The third-order valence-corrected chi connectivity index (χ3v) is 6.30. The first-order chi connectivity index (χ1) is 13.5. The van der Waals surface area contributed by atoms with Crippen molar-refractivity contribution >= 4 is 28.3 Å². The molecule has 1 aliphatic rings. The van der Waals surface area contributed by atoms with Crippen molar-refractivity contribution in [1.82, 2.24) is 15.2 Å². The van der Waals surface area contributed by atoms with E-state index < -0.39 is 6.04 Å². The van der Waals surface area contributed by atoms with Crippen molar-refractivity contribution in [2.45, 2.75) is 46.2 Å². The van der Waals surface area contributed by atoms with E-state index in [1.54, 1.807) is 12.1 Å². The van der Waals surface area contributed by atoms with Crippen LogP contribution in [0.1, 0.15) is 48.1 Å². The van der Waals surface area contributed by atoms with Gasteiger partial charge in [-0.05, 0) is 24.6 Å². The van der Waals surface area contributed by atoms with E-state index >= 15 is 0 Å². The molecule has 0 aliphatic carbocycles. The lowest BCUT2D eigenvalue weighted by molar-refractivity contribution is -0.119. The topological polar surface area (TPSA) is 74.3 Å². The Hall–Kier alpha value is -2.25. The maximum Gasteiger partial charge on any atom is 0.251 e. The van der Waals surface area contributed by atoms with Crippen LogP contribution in [-0.2, 0) is 17.8 Å². The summed E-state index contributed by atoms with van der Waals surface area (Å²) in [7, 11) is 0. The fraction of sp³-hybridized carbons (Fsp3) is 0.476. The second-order valence-electron chi connectivity index (χ2n) is 7.20. The minimum absolute atomic E-state index is 0.0119. The highest BCUT2D eigenvalue weighted by atomic mass is 32.1. The normalized spacial score (nSPS) is 16.1. The Morgan fingerprint density at radius 3 is 2.68 bits per heavy atom. The number of nitrogens with zero attached hydrogens (tertiary/aromatic N) is 2. The van der Waals surface area contributed by atoms with Crippen molar-refractivity contribution in [1.29, 1.82) is 0 Å². The first-order valence-electron chi connectivity index (χ1n) is 9.89. The summed E-state index contributed by atoms with van der Waals surface area (Å²) in [4.78, 5) is 33.7. The molecule has 0 saturated carbocycles. The number of carbonyl (C=O) groups excluding carboxylic acids is 2. The summed E-state index contributed by atoms with van der Waals surface area (Å²) in [5.41, 5.74) is 1.63. The van der Waals surface area contributed by atoms with Crippen molar-refractivity contribution in [3.63, 3.8) is 0 Å². The summed E-state index contributed by atoms with van der Waals surface area (Å²) in [5, 5.41) is 6.46. The number of hydrogen-bond donors (Lipinski definition) is 2. The standard InChI is InChI=1S/C21H28N4O2S/c1-4-14(3)18(23-19(26)15-9-7-6-8-10-15)20(27)24-21-22-16-11-12-25(5-2)13-17(16)28-21/h6-10,14,18H,4-5,11-13H2,1-3H3,(H,23,26)(H,22,24,27). The van der Waals surface area contributed by atoms with Crippen molar-refractivity contribution in [3.05, 3.63) is 46.5 Å². The van der Waals surface area contributed by atoms with Gasteiger partial charge in [0, 0.05) is 30.0 Å². The lowest BCUT2D eigenvalue weighted by atomic mass is 9.98. The van der Waals surface area contributed by atoms with Crippen molar-refractivity contribution in [2.75, 3.05) is 18.4 Å². The van der Waals surface area contributed by atoms with Crippen LogP contribution in [0.2, 0.25) is 0 Å². The summed E-state index contributed by atoms with van der Waals surface area (Å²) < 4.78 is 0. The molecule has 1 aromatic carbocycles. The number of amides is 2. The Balaban J connectivity index is 1.70. The smallest absolute Gasteiger partial charge is 0.251 e. The largest absolute Gasteiger partial charge is 0.340 e. The zero-order chi connectivity index (χ0) is 20.1. The maximum absolute atomic E-state index is 12.9. The number of thiazole rings is 1. The number of benzene rings is 1. The number of hydrogen-bond acceptors (Lipinski definition) is 5. The molecule has 0 saturated heterocycles. The molecule has 3 rings (SSSR count). The molecular formula is C21H28N4O2S. The Kier molecular flexibility index (Phi) is 6.80. The predicted molar refractivity (Wildman–Crippen MR) is 113 cm³/mol. The Morgan fingerprint density at radius 2 is 2.00 bits per heavy atom. The molecule has 1 aromatic heterocycles. The molecule has 0 radical (unpaired) electrons. The van der Waals surface area contributed by atoms with Crippen LogP contribution in [0.3, 0.4) is 0 Å². The van der Waals surface area contributed by atoms with Gasteiger partial charge in [0.25, 0.3) is 5.91 Å². The Morgan fingerprint density at radius 1 is 1.25 bits per heavy atom. The molecule has 7 heteroatoms. The molecule has 2 unspecified atom stereocenters. The Bertz CT molecular complexity index is 821. The molecule has 2 aromatic rings. The molecule has 1 aliphatic heterocycles. The Labute approximate surface area is 170 Å². The quantitative estimate of drug-likeness (QED) is 0.748. The summed E-state index contributed by atoms with van der Waals surface area (Å²) in [6, 6.07) is 8.37. The van der Waals surface area contributed by atoms with Crippen LogP contribution in [0.5, 0.6) is 0 Å². The molecule has 0 fully saturated rings. The number of aromatic nitrogens is 1. The maximum atomic E-state index is 12.9. The highest BCUT2D eigenvalue weighted by Crippen LogP contribution is 2.28. The van der Waals surface area contributed by atoms with E-state index in [9.17, 15) is 9.59 Å². The van der Waals surface area contributed by atoms with E-state index in [0.717, 1.165) is 38.2 Å². The minimum atomic E-state index is -0.606. The summed E-state index contributed by atoms with van der Waals surface area (Å²) >= 11 is 1.54. The molecule has 2 atom stereocenters. The molecule has 2 N–H and O–H groups in total. The SMILES string of the molecule is CCC(C)C(NC(=O)c1ccccc1)C(=O)Nc1nc2c(s1)CN(CC)CC2. The molecule has 28 heavy (non-hydrogen) atoms. The highest BCUT2D eigenvalue weighted by Gasteiger charge is 2.28. The van der Waals surface area contributed by atoms with Crippen LogP contribution >= 0.6 is 11.3 Å².